The third kappa shape index (κ3) is 24.4. The maximum absolute atomic E-state index is 7.50. The zero-order valence-corrected chi connectivity index (χ0v) is 14.6. The average Bonchev–Trinajstić information content (AvgIpc) is 2.63. The van der Waals surface area contributed by atoms with Crippen LogP contribution in [0, 0.1) is 39.2 Å². The van der Waals surface area contributed by atoms with Crippen molar-refractivity contribution in [1.82, 2.24) is 0 Å². The van der Waals surface area contributed by atoms with Crippen LogP contribution < -0.4 is 0 Å². The van der Waals surface area contributed by atoms with Crippen molar-refractivity contribution in [2.45, 2.75) is 26.2 Å². The van der Waals surface area contributed by atoms with Crippen molar-refractivity contribution in [3.8, 4) is 0 Å². The van der Waals surface area contributed by atoms with Gasteiger partial charge in [0, 0.05) is 0 Å². The molecule has 7 heteroatoms. The van der Waals surface area contributed by atoms with E-state index in [0.29, 0.717) is 5.92 Å². The first-order valence-corrected chi connectivity index (χ1v) is 6.46. The average molecular weight is 462 g/mol. The molecule has 0 aliphatic heterocycles. The minimum atomic E-state index is 0.707. The molecule has 112 valence electrons. The first kappa shape index (κ1) is 32.1. The Kier molecular flexibility index (Phi) is 55.6. The fraction of sp³-hybridized carbons (Fsp3) is 0.429. The molecule has 0 amide bonds. The molecule has 0 spiro atoms. The van der Waals surface area contributed by atoms with E-state index in [9.17, 15) is 0 Å². The van der Waals surface area contributed by atoms with Crippen LogP contribution in [0.3, 0.4) is 0 Å². The monoisotopic (exact) mass is 462 g/mol. The van der Waals surface area contributed by atoms with E-state index in [1.54, 1.807) is 12.7 Å². The molecule has 1 atom stereocenters. The summed E-state index contributed by atoms with van der Waals surface area (Å²) >= 11 is 1.49. The molecule has 0 saturated heterocycles. The molecule has 1 aliphatic rings. The maximum atomic E-state index is 7.50. The van der Waals surface area contributed by atoms with Crippen molar-refractivity contribution in [3.05, 3.63) is 44.9 Å². The molecular formula is C14H14O6W. The summed E-state index contributed by atoms with van der Waals surface area (Å²) in [6, 6.07) is 0. The first-order valence-electron chi connectivity index (χ1n) is 4.99. The summed E-state index contributed by atoms with van der Waals surface area (Å²) in [7, 11) is 1.79. The number of rotatable bonds is 2. The van der Waals surface area contributed by atoms with Crippen LogP contribution in [-0.4, -0.2) is 11.2 Å². The van der Waals surface area contributed by atoms with E-state index in [1.165, 1.54) is 42.7 Å². The Morgan fingerprint density at radius 3 is 1.67 bits per heavy atom. The predicted octanol–water partition coefficient (Wildman–Crippen LogP) is 1.87. The zero-order valence-electron chi connectivity index (χ0n) is 11.6. The van der Waals surface area contributed by atoms with Gasteiger partial charge >= 0.3 is 136 Å². The topological polar surface area (TPSA) is 109 Å². The number of hydrogen-bond donors (Lipinski definition) is 0. The standard InChI is InChI=1S/C9H14O.5CO.W/c1-8-3-5-9(6-4-8)7-10-2;5*1-2;/h3,9H,4-6H2,1-2H3;;;;;;/t9-;;;;;;/m0....../s1. The molecule has 0 aromatic carbocycles. The fourth-order valence-corrected chi connectivity index (χ4v) is 2.12. The molecule has 0 unspecified atom stereocenters. The summed E-state index contributed by atoms with van der Waals surface area (Å²) < 4.78 is 44.0. The van der Waals surface area contributed by atoms with Crippen molar-refractivity contribution in [1.29, 1.82) is 0 Å². The van der Waals surface area contributed by atoms with Crippen molar-refractivity contribution in [3.63, 3.8) is 0 Å². The van der Waals surface area contributed by atoms with E-state index in [4.69, 9.17) is 28.0 Å². The van der Waals surface area contributed by atoms with Gasteiger partial charge in [0.05, 0.1) is 0 Å². The Labute approximate surface area is 135 Å². The molecule has 0 saturated carbocycles. The molecule has 0 N–H and O–H groups in total. The van der Waals surface area contributed by atoms with Gasteiger partial charge in [0.25, 0.3) is 0 Å². The Bertz CT molecular complexity index is 327. The number of methoxy groups -OCH3 is 1. The quantitative estimate of drug-likeness (QED) is 0.349. The molecule has 0 heterocycles. The van der Waals surface area contributed by atoms with E-state index >= 15 is 0 Å². The van der Waals surface area contributed by atoms with E-state index in [1.807, 2.05) is 0 Å². The normalized spacial score (nSPS) is 13.3. The predicted molar refractivity (Wildman–Crippen MR) is 62.8 cm³/mol. The van der Waals surface area contributed by atoms with Gasteiger partial charge in [0.2, 0.25) is 0 Å². The number of ether oxygens (including phenoxy) is 1. The summed E-state index contributed by atoms with van der Waals surface area (Å²) in [6.45, 7) is 24.7. The van der Waals surface area contributed by atoms with Crippen molar-refractivity contribution >= 4 is 4.08 Å². The first-order chi connectivity index (χ1) is 10.2. The molecule has 0 fully saturated rings. The van der Waals surface area contributed by atoms with Gasteiger partial charge in [-0.3, -0.25) is 0 Å². The molecule has 0 bridgehead atoms. The zero-order chi connectivity index (χ0) is 18.3. The molecule has 1 rings (SSSR count). The van der Waals surface area contributed by atoms with Crippen LogP contribution in [-0.2, 0) is 47.4 Å². The Morgan fingerprint density at radius 1 is 1.05 bits per heavy atom. The van der Waals surface area contributed by atoms with Gasteiger partial charge in [0.1, 0.15) is 0 Å². The van der Waals surface area contributed by atoms with Crippen molar-refractivity contribution < 1.29 is 47.4 Å². The SMILES string of the molecule is CO[C](=[W])[C@H]1CC=C(C)CC1.[C-]#[O+].[C-]#[O+].[C-]#[O+].[C-]#[O+].[C-]#[O+]. The van der Waals surface area contributed by atoms with E-state index < -0.39 is 0 Å². The van der Waals surface area contributed by atoms with Crippen molar-refractivity contribution in [2.75, 3.05) is 7.11 Å². The molecule has 21 heavy (non-hydrogen) atoms. The van der Waals surface area contributed by atoms with Crippen LogP contribution in [0.1, 0.15) is 26.2 Å². The Balaban J connectivity index is -0.0000000727. The second-order valence-electron chi connectivity index (χ2n) is 3.04. The van der Waals surface area contributed by atoms with E-state index in [2.05, 4.69) is 46.3 Å². The number of hydrogen-bond acceptors (Lipinski definition) is 1. The molecule has 0 aromatic heterocycles. The molecule has 0 radical (unpaired) electrons. The van der Waals surface area contributed by atoms with Crippen LogP contribution in [0.25, 0.3) is 0 Å². The minimum absolute atomic E-state index is 0.707. The summed E-state index contributed by atoms with van der Waals surface area (Å²) in [6.07, 6.45) is 6.08. The second-order valence-corrected chi connectivity index (χ2v) is 4.49. The molecule has 1 aliphatic carbocycles. The van der Waals surface area contributed by atoms with Crippen LogP contribution >= 0.6 is 0 Å². The van der Waals surface area contributed by atoms with Gasteiger partial charge < -0.3 is 0 Å². The van der Waals surface area contributed by atoms with Gasteiger partial charge in [-0.25, -0.2) is 0 Å². The number of allylic oxidation sites excluding steroid dienone is 2. The summed E-state index contributed by atoms with van der Waals surface area (Å²) in [5.41, 5.74) is 1.54. The second kappa shape index (κ2) is 36.4. The van der Waals surface area contributed by atoms with Crippen LogP contribution in [0.15, 0.2) is 11.6 Å². The summed E-state index contributed by atoms with van der Waals surface area (Å²) in [5.74, 6) is 0.707. The van der Waals surface area contributed by atoms with Gasteiger partial charge in [-0.1, -0.05) is 0 Å². The fourth-order valence-electron chi connectivity index (χ4n) is 1.35. The van der Waals surface area contributed by atoms with Gasteiger partial charge in [-0.2, -0.15) is 0 Å². The summed E-state index contributed by atoms with van der Waals surface area (Å²) in [5, 5.41) is 0. The van der Waals surface area contributed by atoms with Crippen LogP contribution in [0.5, 0.6) is 0 Å². The Hall–Kier alpha value is -1.04. The van der Waals surface area contributed by atoms with E-state index in [0.717, 1.165) is 0 Å². The third-order valence-electron chi connectivity index (χ3n) is 2.17. The van der Waals surface area contributed by atoms with Gasteiger partial charge in [-0.05, 0) is 0 Å². The van der Waals surface area contributed by atoms with Crippen LogP contribution in [0.4, 0.5) is 0 Å². The molecule has 6 nitrogen and oxygen atoms in total. The van der Waals surface area contributed by atoms with Crippen LogP contribution in [0.2, 0.25) is 0 Å². The summed E-state index contributed by atoms with van der Waals surface area (Å²) in [4.78, 5) is 0. The molecular weight excluding hydrogens is 448 g/mol. The molecule has 0 aromatic rings. The van der Waals surface area contributed by atoms with Crippen molar-refractivity contribution in [2.24, 2.45) is 5.92 Å². The Morgan fingerprint density at radius 2 is 1.43 bits per heavy atom. The van der Waals surface area contributed by atoms with E-state index in [-0.39, 0.29) is 0 Å². The van der Waals surface area contributed by atoms with Gasteiger partial charge in [-0.15, -0.1) is 0 Å². The van der Waals surface area contributed by atoms with Gasteiger partial charge in [0.15, 0.2) is 0 Å². The third-order valence-corrected chi connectivity index (χ3v) is 3.97.